The van der Waals surface area contributed by atoms with Crippen LogP contribution >= 0.6 is 11.6 Å². The van der Waals surface area contributed by atoms with E-state index in [1.807, 2.05) is 11.9 Å². The van der Waals surface area contributed by atoms with Gasteiger partial charge in [-0.1, -0.05) is 29.5 Å². The molecular weight excluding hydrogens is 571 g/mol. The smallest absolute Gasteiger partial charge is 0.416 e. The molecule has 42 heavy (non-hydrogen) atoms. The van der Waals surface area contributed by atoms with Gasteiger partial charge in [0, 0.05) is 55.6 Å². The van der Waals surface area contributed by atoms with E-state index >= 15 is 0 Å². The molecule has 1 aromatic heterocycles. The van der Waals surface area contributed by atoms with Gasteiger partial charge < -0.3 is 25.4 Å². The minimum atomic E-state index is -4.57. The van der Waals surface area contributed by atoms with Gasteiger partial charge in [-0.2, -0.15) is 13.2 Å². The molecule has 2 fully saturated rings. The Hall–Kier alpha value is -3.82. The van der Waals surface area contributed by atoms with Crippen molar-refractivity contribution in [3.05, 3.63) is 81.5 Å². The van der Waals surface area contributed by atoms with Crippen molar-refractivity contribution < 1.29 is 27.4 Å². The number of nitrogens with two attached hydrogens (primary N) is 1. The number of aromatic nitrogens is 1. The summed E-state index contributed by atoms with van der Waals surface area (Å²) in [6.45, 7) is 4.13. The molecule has 0 radical (unpaired) electrons. The molecular formula is C30H29ClF3N5O3. The Bertz CT molecular complexity index is 1530. The van der Waals surface area contributed by atoms with Crippen LogP contribution in [0.15, 0.2) is 48.7 Å². The van der Waals surface area contributed by atoms with Crippen molar-refractivity contribution in [3.63, 3.8) is 0 Å². The third-order valence-electron chi connectivity index (χ3n) is 7.03. The van der Waals surface area contributed by atoms with Crippen LogP contribution < -0.4 is 15.8 Å². The molecule has 2 aromatic carbocycles. The first kappa shape index (κ1) is 29.7. The van der Waals surface area contributed by atoms with Gasteiger partial charge in [0.25, 0.3) is 5.91 Å². The number of hydrogen-bond donors (Lipinski definition) is 2. The molecule has 2 aliphatic rings. The number of rotatable bonds is 6. The first-order valence-electron chi connectivity index (χ1n) is 13.3. The number of amides is 1. The Morgan fingerprint density at radius 1 is 1.12 bits per heavy atom. The maximum Gasteiger partial charge on any atom is 0.416 e. The lowest BCUT2D eigenvalue weighted by molar-refractivity contribution is -0.138. The van der Waals surface area contributed by atoms with Crippen molar-refractivity contribution in [3.8, 4) is 17.6 Å². The Labute approximate surface area is 246 Å². The molecule has 8 nitrogen and oxygen atoms in total. The van der Waals surface area contributed by atoms with Gasteiger partial charge in [0.2, 0.25) is 0 Å². The van der Waals surface area contributed by atoms with Crippen molar-refractivity contribution in [2.24, 2.45) is 0 Å². The van der Waals surface area contributed by atoms with Crippen molar-refractivity contribution in [2.45, 2.75) is 18.8 Å². The van der Waals surface area contributed by atoms with E-state index in [1.165, 1.54) is 36.5 Å². The summed E-state index contributed by atoms with van der Waals surface area (Å²) in [5.41, 5.74) is 6.31. The monoisotopic (exact) mass is 599 g/mol. The van der Waals surface area contributed by atoms with E-state index in [1.54, 1.807) is 6.07 Å². The quantitative estimate of drug-likeness (QED) is 0.403. The third-order valence-corrected chi connectivity index (χ3v) is 7.36. The summed E-state index contributed by atoms with van der Waals surface area (Å²) in [5, 5.41) is 2.86. The lowest BCUT2D eigenvalue weighted by Gasteiger charge is -2.33. The summed E-state index contributed by atoms with van der Waals surface area (Å²) in [5.74, 6) is 5.89. The van der Waals surface area contributed by atoms with E-state index in [0.29, 0.717) is 43.2 Å². The number of hydrogen-bond acceptors (Lipinski definition) is 7. The predicted octanol–water partition coefficient (Wildman–Crippen LogP) is 4.51. The lowest BCUT2D eigenvalue weighted by atomic mass is 10.0. The zero-order valence-electron chi connectivity index (χ0n) is 22.8. The normalized spacial score (nSPS) is 16.3. The fourth-order valence-corrected chi connectivity index (χ4v) is 4.66. The van der Waals surface area contributed by atoms with Crippen molar-refractivity contribution in [1.29, 1.82) is 0 Å². The first-order chi connectivity index (χ1) is 20.0. The average molecular weight is 600 g/mol. The van der Waals surface area contributed by atoms with Crippen LogP contribution in [-0.2, 0) is 17.5 Å². The number of ether oxygens (including phenoxy) is 2. The van der Waals surface area contributed by atoms with E-state index in [-0.39, 0.29) is 40.3 Å². The first-order valence-corrected chi connectivity index (χ1v) is 13.7. The minimum Gasteiger partial charge on any atom is -0.484 e. The number of alkyl halides is 3. The van der Waals surface area contributed by atoms with Gasteiger partial charge in [-0.3, -0.25) is 9.69 Å². The zero-order valence-corrected chi connectivity index (χ0v) is 23.6. The Kier molecular flexibility index (Phi) is 8.89. The summed E-state index contributed by atoms with van der Waals surface area (Å²) < 4.78 is 52.8. The van der Waals surface area contributed by atoms with Gasteiger partial charge in [-0.25, -0.2) is 4.98 Å². The Balaban J connectivity index is 1.32. The van der Waals surface area contributed by atoms with Gasteiger partial charge in [-0.05, 0) is 42.9 Å². The second-order valence-corrected chi connectivity index (χ2v) is 10.6. The molecule has 0 saturated carbocycles. The molecule has 5 rings (SSSR count). The topological polar surface area (TPSA) is 93.0 Å². The fraction of sp³-hybridized carbons (Fsp3) is 0.333. The van der Waals surface area contributed by atoms with Gasteiger partial charge in [0.15, 0.2) is 0 Å². The lowest BCUT2D eigenvalue weighted by Crippen LogP contribution is -2.44. The molecule has 3 heterocycles. The van der Waals surface area contributed by atoms with Gasteiger partial charge in [0.1, 0.15) is 17.7 Å². The molecule has 1 amide bonds. The fourth-order valence-electron chi connectivity index (χ4n) is 4.50. The van der Waals surface area contributed by atoms with E-state index in [9.17, 15) is 18.0 Å². The highest BCUT2D eigenvalue weighted by Crippen LogP contribution is 2.35. The van der Waals surface area contributed by atoms with Crippen LogP contribution in [-0.4, -0.2) is 73.2 Å². The summed E-state index contributed by atoms with van der Waals surface area (Å²) >= 11 is 6.32. The summed E-state index contributed by atoms with van der Waals surface area (Å²) in [6.07, 6.45) is -3.13. The molecule has 0 atom stereocenters. The van der Waals surface area contributed by atoms with E-state index in [0.717, 1.165) is 19.2 Å². The molecule has 3 N–H and O–H groups in total. The minimum absolute atomic E-state index is 0.0320. The van der Waals surface area contributed by atoms with E-state index in [2.05, 4.69) is 27.0 Å². The van der Waals surface area contributed by atoms with Gasteiger partial charge in [-0.15, -0.1) is 0 Å². The van der Waals surface area contributed by atoms with Gasteiger partial charge in [0.05, 0.1) is 35.6 Å². The van der Waals surface area contributed by atoms with Crippen molar-refractivity contribution >= 4 is 29.0 Å². The third kappa shape index (κ3) is 7.33. The van der Waals surface area contributed by atoms with E-state index < -0.39 is 17.6 Å². The molecule has 0 aliphatic carbocycles. The molecule has 2 aliphatic heterocycles. The average Bonchev–Trinajstić information content (AvgIpc) is 2.93. The summed E-state index contributed by atoms with van der Waals surface area (Å²) in [7, 11) is 1.99. The van der Waals surface area contributed by atoms with Crippen LogP contribution in [0.3, 0.4) is 0 Å². The molecule has 0 unspecified atom stereocenters. The summed E-state index contributed by atoms with van der Waals surface area (Å²) in [4.78, 5) is 21.3. The number of likely N-dealkylation sites (N-methyl/N-ethyl adjacent to an activating group) is 1. The van der Waals surface area contributed by atoms with Crippen molar-refractivity contribution in [1.82, 2.24) is 14.8 Å². The maximum atomic E-state index is 14.0. The second-order valence-electron chi connectivity index (χ2n) is 10.2. The van der Waals surface area contributed by atoms with E-state index in [4.69, 9.17) is 26.8 Å². The molecule has 0 spiro atoms. The predicted molar refractivity (Wildman–Crippen MR) is 153 cm³/mol. The number of nitrogens with zero attached hydrogens (tertiary/aromatic N) is 3. The van der Waals surface area contributed by atoms with Crippen molar-refractivity contribution in [2.75, 3.05) is 57.5 Å². The second kappa shape index (κ2) is 12.6. The Morgan fingerprint density at radius 2 is 1.86 bits per heavy atom. The van der Waals surface area contributed by atoms with Crippen LogP contribution in [0.4, 0.5) is 24.7 Å². The largest absolute Gasteiger partial charge is 0.484 e. The molecule has 2 saturated heterocycles. The standard InChI is InChI=1S/C30H29ClF3N5O3/c1-38-8-10-39(11-9-38)16-22-4-6-23(14-26(22)30(32,33)34)37-29(40)21-5-7-27(31)19(12-21)2-3-20-13-24(15-36-28(20)35)42-25-17-41-18-25/h4-7,12-15,25H,8-11,16-18H2,1H3,(H2,35,36)(H,37,40). The number of nitrogens with one attached hydrogen (secondary N) is 1. The molecule has 220 valence electrons. The van der Waals surface area contributed by atoms with Crippen LogP contribution in [0.5, 0.6) is 5.75 Å². The molecule has 0 bridgehead atoms. The number of pyridine rings is 1. The highest BCUT2D eigenvalue weighted by atomic mass is 35.5. The number of piperazine rings is 1. The molecule has 3 aromatic rings. The zero-order chi connectivity index (χ0) is 29.9. The number of carbonyl (C=O) groups is 1. The number of anilines is 2. The number of nitrogen functional groups attached to an aromatic ring is 1. The SMILES string of the molecule is CN1CCN(Cc2ccc(NC(=O)c3ccc(Cl)c(C#Cc4cc(OC5COC5)cnc4N)c3)cc2C(F)(F)F)CC1. The number of carbonyl (C=O) groups excluding carboxylic acids is 1. The number of benzene rings is 2. The summed E-state index contributed by atoms with van der Waals surface area (Å²) in [6, 6.07) is 9.97. The highest BCUT2D eigenvalue weighted by molar-refractivity contribution is 6.32. The van der Waals surface area contributed by atoms with Crippen LogP contribution in [0, 0.1) is 11.8 Å². The number of halogens is 4. The van der Waals surface area contributed by atoms with Gasteiger partial charge >= 0.3 is 6.18 Å². The van der Waals surface area contributed by atoms with Crippen LogP contribution in [0.1, 0.15) is 32.6 Å². The Morgan fingerprint density at radius 3 is 2.55 bits per heavy atom. The van der Waals surface area contributed by atoms with Crippen LogP contribution in [0.2, 0.25) is 5.02 Å². The molecule has 12 heteroatoms. The maximum absolute atomic E-state index is 14.0. The van der Waals surface area contributed by atoms with Crippen LogP contribution in [0.25, 0.3) is 0 Å². The highest BCUT2D eigenvalue weighted by Gasteiger charge is 2.34.